The standard InChI is InChI=1S/C29H26NO4P/c1-33-22-15-13-21(14-16-22)20-30-28(31)27-19-23(34-2)17-18-26(27)29(30)35(32,24-9-5-3-6-10-24)25-11-7-4-8-12-25/h3-19,29H,20H2,1-2H3. The third-order valence-electron chi connectivity index (χ3n) is 6.46. The third-order valence-corrected chi connectivity index (χ3v) is 9.84. The first-order chi connectivity index (χ1) is 17.1. The quantitative estimate of drug-likeness (QED) is 0.332. The van der Waals surface area contributed by atoms with E-state index in [0.29, 0.717) is 28.5 Å². The van der Waals surface area contributed by atoms with Crippen molar-refractivity contribution in [2.75, 3.05) is 14.2 Å². The number of methoxy groups -OCH3 is 2. The van der Waals surface area contributed by atoms with Gasteiger partial charge in [0.1, 0.15) is 17.3 Å². The number of carbonyl (C=O) groups excluding carboxylic acids is 1. The van der Waals surface area contributed by atoms with Crippen LogP contribution in [-0.4, -0.2) is 25.0 Å². The molecule has 0 N–H and O–H groups in total. The molecule has 1 aliphatic rings. The van der Waals surface area contributed by atoms with Gasteiger partial charge in [0, 0.05) is 22.7 Å². The maximum atomic E-state index is 15.3. The summed E-state index contributed by atoms with van der Waals surface area (Å²) in [5, 5.41) is 1.43. The van der Waals surface area contributed by atoms with E-state index in [0.717, 1.165) is 16.9 Å². The molecule has 4 aromatic rings. The monoisotopic (exact) mass is 483 g/mol. The van der Waals surface area contributed by atoms with Crippen molar-refractivity contribution < 1.29 is 18.8 Å². The van der Waals surface area contributed by atoms with Gasteiger partial charge in [0.05, 0.1) is 14.2 Å². The number of rotatable bonds is 7. The fourth-order valence-corrected chi connectivity index (χ4v) is 8.00. The predicted octanol–water partition coefficient (Wildman–Crippen LogP) is 5.37. The molecule has 0 aromatic heterocycles. The Hall–Kier alpha value is -3.82. The highest BCUT2D eigenvalue weighted by atomic mass is 31.2. The zero-order valence-electron chi connectivity index (χ0n) is 19.6. The summed E-state index contributed by atoms with van der Waals surface area (Å²) in [7, 11) is -0.138. The van der Waals surface area contributed by atoms with Crippen molar-refractivity contribution >= 4 is 23.7 Å². The molecule has 35 heavy (non-hydrogen) atoms. The summed E-state index contributed by atoms with van der Waals surface area (Å²) < 4.78 is 26.0. The van der Waals surface area contributed by atoms with Crippen molar-refractivity contribution in [3.8, 4) is 11.5 Å². The summed E-state index contributed by atoms with van der Waals surface area (Å²) in [6, 6.07) is 32.0. The SMILES string of the molecule is COc1ccc(CN2C(=O)c3cc(OC)ccc3C2P(=O)(c2ccccc2)c2ccccc2)cc1. The van der Waals surface area contributed by atoms with Crippen molar-refractivity contribution in [1.82, 2.24) is 4.90 Å². The largest absolute Gasteiger partial charge is 0.497 e. The van der Waals surface area contributed by atoms with Crippen LogP contribution in [-0.2, 0) is 11.1 Å². The summed E-state index contributed by atoms with van der Waals surface area (Å²) in [5.41, 5.74) is 2.20. The van der Waals surface area contributed by atoms with Crippen LogP contribution in [0.1, 0.15) is 27.3 Å². The molecule has 0 radical (unpaired) electrons. The van der Waals surface area contributed by atoms with E-state index in [1.165, 1.54) is 0 Å². The lowest BCUT2D eigenvalue weighted by Gasteiger charge is -2.33. The minimum atomic E-state index is -3.33. The number of amides is 1. The van der Waals surface area contributed by atoms with Crippen molar-refractivity contribution in [2.45, 2.75) is 12.3 Å². The molecule has 1 heterocycles. The zero-order valence-corrected chi connectivity index (χ0v) is 20.5. The average Bonchev–Trinajstić information content (AvgIpc) is 3.20. The Kier molecular flexibility index (Phi) is 6.19. The van der Waals surface area contributed by atoms with Gasteiger partial charge >= 0.3 is 0 Å². The van der Waals surface area contributed by atoms with E-state index in [2.05, 4.69) is 0 Å². The van der Waals surface area contributed by atoms with E-state index in [1.54, 1.807) is 25.2 Å². The number of hydrogen-bond acceptors (Lipinski definition) is 4. The molecule has 0 fully saturated rings. The van der Waals surface area contributed by atoms with Crippen LogP contribution in [0.2, 0.25) is 0 Å². The lowest BCUT2D eigenvalue weighted by atomic mass is 10.1. The fourth-order valence-electron chi connectivity index (χ4n) is 4.71. The Labute approximate surface area is 205 Å². The zero-order chi connectivity index (χ0) is 24.4. The molecule has 1 atom stereocenters. The van der Waals surface area contributed by atoms with Crippen LogP contribution in [0.3, 0.4) is 0 Å². The van der Waals surface area contributed by atoms with Gasteiger partial charge in [0.2, 0.25) is 0 Å². The van der Waals surface area contributed by atoms with E-state index in [1.807, 2.05) is 97.1 Å². The molecule has 5 rings (SSSR count). The fraction of sp³-hybridized carbons (Fsp3) is 0.138. The summed E-state index contributed by atoms with van der Waals surface area (Å²) in [6.45, 7) is 0.314. The van der Waals surface area contributed by atoms with Gasteiger partial charge in [-0.15, -0.1) is 0 Å². The minimum absolute atomic E-state index is 0.160. The molecule has 0 bridgehead atoms. The van der Waals surface area contributed by atoms with Gasteiger partial charge in [-0.05, 0) is 35.4 Å². The summed E-state index contributed by atoms with van der Waals surface area (Å²) in [5.74, 6) is 0.524. The van der Waals surface area contributed by atoms with Gasteiger partial charge in [0.25, 0.3) is 5.91 Å². The van der Waals surface area contributed by atoms with E-state index in [9.17, 15) is 4.79 Å². The second-order valence-electron chi connectivity index (χ2n) is 8.44. The van der Waals surface area contributed by atoms with Crippen LogP contribution in [0, 0.1) is 0 Å². The van der Waals surface area contributed by atoms with E-state index in [-0.39, 0.29) is 5.91 Å². The van der Waals surface area contributed by atoms with Crippen LogP contribution >= 0.6 is 7.14 Å². The number of hydrogen-bond donors (Lipinski definition) is 0. The van der Waals surface area contributed by atoms with Crippen LogP contribution in [0.4, 0.5) is 0 Å². The predicted molar refractivity (Wildman–Crippen MR) is 138 cm³/mol. The molecule has 6 heteroatoms. The second kappa shape index (κ2) is 9.44. The number of fused-ring (bicyclic) bond motifs is 1. The highest BCUT2D eigenvalue weighted by molar-refractivity contribution is 7.79. The van der Waals surface area contributed by atoms with Gasteiger partial charge < -0.3 is 18.9 Å². The van der Waals surface area contributed by atoms with Crippen LogP contribution in [0.5, 0.6) is 11.5 Å². The Morgan fingerprint density at radius 2 is 1.29 bits per heavy atom. The number of nitrogens with zero attached hydrogens (tertiary/aromatic N) is 1. The van der Waals surface area contributed by atoms with Gasteiger partial charge in [-0.2, -0.15) is 0 Å². The summed E-state index contributed by atoms with van der Waals surface area (Å²) >= 11 is 0. The first kappa shape index (κ1) is 22.9. The van der Waals surface area contributed by atoms with Crippen molar-refractivity contribution in [2.24, 2.45) is 0 Å². The Balaban J connectivity index is 1.71. The van der Waals surface area contributed by atoms with Crippen LogP contribution in [0.15, 0.2) is 103 Å². The molecule has 4 aromatic carbocycles. The van der Waals surface area contributed by atoms with Gasteiger partial charge in [-0.25, -0.2) is 0 Å². The van der Waals surface area contributed by atoms with E-state index in [4.69, 9.17) is 9.47 Å². The van der Waals surface area contributed by atoms with Gasteiger partial charge in [-0.1, -0.05) is 78.9 Å². The Morgan fingerprint density at radius 3 is 1.83 bits per heavy atom. The van der Waals surface area contributed by atoms with Crippen molar-refractivity contribution in [1.29, 1.82) is 0 Å². The average molecular weight is 484 g/mol. The molecule has 0 saturated heterocycles. The summed E-state index contributed by atoms with van der Waals surface area (Å²) in [4.78, 5) is 15.6. The molecular formula is C29H26NO4P. The first-order valence-electron chi connectivity index (χ1n) is 11.4. The molecule has 176 valence electrons. The Bertz CT molecular complexity index is 1340. The van der Waals surface area contributed by atoms with Gasteiger partial charge in [-0.3, -0.25) is 4.79 Å². The number of benzene rings is 4. The molecule has 1 amide bonds. The van der Waals surface area contributed by atoms with Crippen LogP contribution < -0.4 is 20.1 Å². The Morgan fingerprint density at radius 1 is 0.743 bits per heavy atom. The molecule has 0 saturated carbocycles. The van der Waals surface area contributed by atoms with Crippen molar-refractivity contribution in [3.05, 3.63) is 120 Å². The normalized spacial score (nSPS) is 15.1. The molecule has 0 spiro atoms. The molecule has 0 aliphatic carbocycles. The molecule has 1 unspecified atom stereocenters. The molecule has 5 nitrogen and oxygen atoms in total. The lowest BCUT2D eigenvalue weighted by molar-refractivity contribution is 0.0756. The van der Waals surface area contributed by atoms with Gasteiger partial charge in [0.15, 0.2) is 7.14 Å². The van der Waals surface area contributed by atoms with E-state index >= 15 is 4.57 Å². The number of ether oxygens (including phenoxy) is 2. The maximum absolute atomic E-state index is 15.3. The highest BCUT2D eigenvalue weighted by Crippen LogP contribution is 2.62. The smallest absolute Gasteiger partial charge is 0.255 e. The van der Waals surface area contributed by atoms with E-state index < -0.39 is 12.9 Å². The van der Waals surface area contributed by atoms with Crippen LogP contribution in [0.25, 0.3) is 0 Å². The number of carbonyl (C=O) groups is 1. The molecule has 1 aliphatic heterocycles. The second-order valence-corrected chi connectivity index (χ2v) is 11.3. The minimum Gasteiger partial charge on any atom is -0.497 e. The topological polar surface area (TPSA) is 55.8 Å². The molecular weight excluding hydrogens is 457 g/mol. The third kappa shape index (κ3) is 4.02. The first-order valence-corrected chi connectivity index (χ1v) is 13.2. The maximum Gasteiger partial charge on any atom is 0.255 e. The lowest BCUT2D eigenvalue weighted by Crippen LogP contribution is -2.33. The highest BCUT2D eigenvalue weighted by Gasteiger charge is 2.49. The van der Waals surface area contributed by atoms with Crippen molar-refractivity contribution in [3.63, 3.8) is 0 Å². The summed E-state index contributed by atoms with van der Waals surface area (Å²) in [6.07, 6.45) is 0.